The van der Waals surface area contributed by atoms with Gasteiger partial charge in [0.05, 0.1) is 16.2 Å². The number of benzene rings is 2. The van der Waals surface area contributed by atoms with E-state index in [1.165, 1.54) is 23.1 Å². The first-order valence-electron chi connectivity index (χ1n) is 7.43. The number of aromatic hydroxyl groups is 1. The van der Waals surface area contributed by atoms with Crippen LogP contribution in [0.5, 0.6) is 5.75 Å². The molecule has 0 unspecified atom stereocenters. The Morgan fingerprint density at radius 1 is 1.23 bits per heavy atom. The third-order valence-corrected chi connectivity index (χ3v) is 4.91. The monoisotopic (exact) mass is 388 g/mol. The van der Waals surface area contributed by atoms with Crippen molar-refractivity contribution in [3.63, 3.8) is 0 Å². The molecule has 0 radical (unpaired) electrons. The number of carboxylic acids is 1. The van der Waals surface area contributed by atoms with Gasteiger partial charge in [-0.15, -0.1) is 0 Å². The Morgan fingerprint density at radius 2 is 1.92 bits per heavy atom. The number of amidine groups is 1. The van der Waals surface area contributed by atoms with Gasteiger partial charge in [-0.25, -0.2) is 9.79 Å². The second kappa shape index (κ2) is 7.23. The van der Waals surface area contributed by atoms with Crippen molar-refractivity contribution in [2.24, 2.45) is 4.99 Å². The second-order valence-electron chi connectivity index (χ2n) is 5.42. The third kappa shape index (κ3) is 3.74. The molecule has 1 heterocycles. The number of carbonyl (C=O) groups excluding carboxylic acids is 1. The van der Waals surface area contributed by atoms with Gasteiger partial charge in [-0.2, -0.15) is 0 Å². The number of hydrogen-bond donors (Lipinski definition) is 2. The summed E-state index contributed by atoms with van der Waals surface area (Å²) in [5.41, 5.74) is 1.13. The maximum Gasteiger partial charge on any atom is 0.335 e. The predicted molar refractivity (Wildman–Crippen MR) is 102 cm³/mol. The van der Waals surface area contributed by atoms with Crippen LogP contribution in [0.1, 0.15) is 15.9 Å². The summed E-state index contributed by atoms with van der Waals surface area (Å²) in [6.07, 6.45) is 1.56. The van der Waals surface area contributed by atoms with Crippen LogP contribution in [0, 0.1) is 0 Å². The fourth-order valence-corrected chi connectivity index (χ4v) is 3.38. The minimum Gasteiger partial charge on any atom is -0.507 e. The van der Waals surface area contributed by atoms with E-state index in [0.29, 0.717) is 26.3 Å². The van der Waals surface area contributed by atoms with E-state index in [1.807, 2.05) is 0 Å². The summed E-state index contributed by atoms with van der Waals surface area (Å²) in [4.78, 5) is 29.5. The Morgan fingerprint density at radius 3 is 2.58 bits per heavy atom. The molecule has 0 aromatic heterocycles. The van der Waals surface area contributed by atoms with Gasteiger partial charge in [0, 0.05) is 17.6 Å². The SMILES string of the molecule is CN1C(=O)/C(=C\c2cc(Cl)ccc2O)SC1=Nc1ccc(C(=O)O)cc1. The Labute approximate surface area is 158 Å². The van der Waals surface area contributed by atoms with Gasteiger partial charge in [0.25, 0.3) is 5.91 Å². The van der Waals surface area contributed by atoms with Gasteiger partial charge >= 0.3 is 5.97 Å². The first kappa shape index (κ1) is 18.0. The number of nitrogens with zero attached hydrogens (tertiary/aromatic N) is 2. The van der Waals surface area contributed by atoms with Gasteiger partial charge in [0.1, 0.15) is 5.75 Å². The van der Waals surface area contributed by atoms with Crippen LogP contribution in [0.3, 0.4) is 0 Å². The highest BCUT2D eigenvalue weighted by atomic mass is 35.5. The first-order chi connectivity index (χ1) is 12.3. The number of aliphatic imine (C=N–C) groups is 1. The highest BCUT2D eigenvalue weighted by molar-refractivity contribution is 8.18. The Bertz CT molecular complexity index is 954. The minimum absolute atomic E-state index is 0.0209. The average molecular weight is 389 g/mol. The van der Waals surface area contributed by atoms with E-state index in [-0.39, 0.29) is 17.2 Å². The number of aromatic carboxylic acids is 1. The van der Waals surface area contributed by atoms with Gasteiger partial charge < -0.3 is 10.2 Å². The van der Waals surface area contributed by atoms with Crippen molar-refractivity contribution in [3.8, 4) is 5.75 Å². The van der Waals surface area contributed by atoms with Crippen LogP contribution < -0.4 is 0 Å². The number of phenolic OH excluding ortho intramolecular Hbond substituents is 1. The summed E-state index contributed by atoms with van der Waals surface area (Å²) in [5, 5.41) is 19.7. The van der Waals surface area contributed by atoms with E-state index in [1.54, 1.807) is 37.4 Å². The lowest BCUT2D eigenvalue weighted by atomic mass is 10.2. The van der Waals surface area contributed by atoms with E-state index in [4.69, 9.17) is 16.7 Å². The lowest BCUT2D eigenvalue weighted by molar-refractivity contribution is -0.121. The predicted octanol–water partition coefficient (Wildman–Crippen LogP) is 3.98. The minimum atomic E-state index is -1.02. The molecule has 1 aliphatic rings. The second-order valence-corrected chi connectivity index (χ2v) is 6.87. The molecule has 1 saturated heterocycles. The molecular weight excluding hydrogens is 376 g/mol. The zero-order valence-electron chi connectivity index (χ0n) is 13.5. The lowest BCUT2D eigenvalue weighted by Gasteiger charge is -2.07. The molecule has 0 spiro atoms. The molecule has 0 atom stereocenters. The van der Waals surface area contributed by atoms with Crippen molar-refractivity contribution in [2.75, 3.05) is 7.05 Å². The molecular formula is C18H13ClN2O4S. The molecule has 1 amide bonds. The topological polar surface area (TPSA) is 90.2 Å². The molecule has 2 aromatic carbocycles. The van der Waals surface area contributed by atoms with Gasteiger partial charge in [-0.1, -0.05) is 11.6 Å². The van der Waals surface area contributed by atoms with Crippen molar-refractivity contribution in [2.45, 2.75) is 0 Å². The number of likely N-dealkylation sites (N-methyl/N-ethyl adjacent to an activating group) is 1. The average Bonchev–Trinajstić information content (AvgIpc) is 2.86. The normalized spacial score (nSPS) is 17.3. The quantitative estimate of drug-likeness (QED) is 0.776. The molecule has 3 rings (SSSR count). The maximum atomic E-state index is 12.4. The van der Waals surface area contributed by atoms with Crippen molar-refractivity contribution in [3.05, 3.63) is 63.5 Å². The zero-order chi connectivity index (χ0) is 18.8. The van der Waals surface area contributed by atoms with Crippen LogP contribution in [0.15, 0.2) is 52.4 Å². The lowest BCUT2D eigenvalue weighted by Crippen LogP contribution is -2.23. The van der Waals surface area contributed by atoms with Crippen LogP contribution in [-0.2, 0) is 4.79 Å². The fraction of sp³-hybridized carbons (Fsp3) is 0.0556. The number of phenols is 1. The van der Waals surface area contributed by atoms with Crippen molar-refractivity contribution in [1.82, 2.24) is 4.90 Å². The number of carboxylic acid groups (broad SMARTS) is 1. The van der Waals surface area contributed by atoms with Crippen molar-refractivity contribution < 1.29 is 19.8 Å². The summed E-state index contributed by atoms with van der Waals surface area (Å²) in [5.74, 6) is -1.25. The molecule has 1 aliphatic heterocycles. The largest absolute Gasteiger partial charge is 0.507 e. The van der Waals surface area contributed by atoms with Crippen LogP contribution in [-0.4, -0.2) is 39.2 Å². The summed E-state index contributed by atoms with van der Waals surface area (Å²) < 4.78 is 0. The number of halogens is 1. The van der Waals surface area contributed by atoms with Crippen molar-refractivity contribution in [1.29, 1.82) is 0 Å². The standard InChI is InChI=1S/C18H13ClN2O4S/c1-21-16(23)15(9-11-8-12(19)4-7-14(11)22)26-18(21)20-13-5-2-10(3-6-13)17(24)25/h2-9,22H,1H3,(H,24,25)/b15-9+,20-18?. The molecule has 26 heavy (non-hydrogen) atoms. The number of amides is 1. The fourth-order valence-electron chi connectivity index (χ4n) is 2.22. The summed E-state index contributed by atoms with van der Waals surface area (Å²) in [7, 11) is 1.60. The van der Waals surface area contributed by atoms with Crippen molar-refractivity contribution >= 4 is 52.2 Å². The van der Waals surface area contributed by atoms with Gasteiger partial charge in [-0.05, 0) is 60.3 Å². The molecule has 132 valence electrons. The van der Waals surface area contributed by atoms with Crippen LogP contribution >= 0.6 is 23.4 Å². The summed E-state index contributed by atoms with van der Waals surface area (Å²) in [6, 6.07) is 10.6. The van der Waals surface area contributed by atoms with Gasteiger partial charge in [0.15, 0.2) is 5.17 Å². The molecule has 0 saturated carbocycles. The van der Waals surface area contributed by atoms with E-state index in [0.717, 1.165) is 11.8 Å². The number of rotatable bonds is 3. The molecule has 2 N–H and O–H groups in total. The number of carbonyl (C=O) groups is 2. The number of thioether (sulfide) groups is 1. The highest BCUT2D eigenvalue weighted by Crippen LogP contribution is 2.35. The summed E-state index contributed by atoms with van der Waals surface area (Å²) >= 11 is 7.09. The smallest absolute Gasteiger partial charge is 0.335 e. The third-order valence-electron chi connectivity index (χ3n) is 3.62. The maximum absolute atomic E-state index is 12.4. The molecule has 6 nitrogen and oxygen atoms in total. The molecule has 1 fully saturated rings. The molecule has 8 heteroatoms. The summed E-state index contributed by atoms with van der Waals surface area (Å²) in [6.45, 7) is 0. The Balaban J connectivity index is 1.89. The van der Waals surface area contributed by atoms with Gasteiger partial charge in [-0.3, -0.25) is 9.69 Å². The van der Waals surface area contributed by atoms with Crippen LogP contribution in [0.2, 0.25) is 5.02 Å². The molecule has 2 aromatic rings. The van der Waals surface area contributed by atoms with E-state index >= 15 is 0 Å². The van der Waals surface area contributed by atoms with Crippen LogP contribution in [0.4, 0.5) is 5.69 Å². The molecule has 0 bridgehead atoms. The van der Waals surface area contributed by atoms with Gasteiger partial charge in [0.2, 0.25) is 0 Å². The first-order valence-corrected chi connectivity index (χ1v) is 8.63. The van der Waals surface area contributed by atoms with E-state index in [9.17, 15) is 14.7 Å². The number of hydrogen-bond acceptors (Lipinski definition) is 5. The van der Waals surface area contributed by atoms with E-state index < -0.39 is 5.97 Å². The zero-order valence-corrected chi connectivity index (χ0v) is 15.1. The van der Waals surface area contributed by atoms with Crippen LogP contribution in [0.25, 0.3) is 6.08 Å². The Kier molecular flexibility index (Phi) is 5.01. The highest BCUT2D eigenvalue weighted by Gasteiger charge is 2.30. The Hall–Kier alpha value is -2.77. The van der Waals surface area contributed by atoms with E-state index in [2.05, 4.69) is 4.99 Å². The molecule has 0 aliphatic carbocycles.